The molecule has 0 aliphatic carbocycles. The quantitative estimate of drug-likeness (QED) is 0.887. The predicted molar refractivity (Wildman–Crippen MR) is 70.2 cm³/mol. The summed E-state index contributed by atoms with van der Waals surface area (Å²) in [5.41, 5.74) is 5.40. The van der Waals surface area contributed by atoms with Gasteiger partial charge in [0.2, 0.25) is 17.7 Å². The van der Waals surface area contributed by atoms with E-state index in [-0.39, 0.29) is 17.7 Å². The maximum Gasteiger partial charge on any atom is 0.230 e. The number of hydrogen-bond donors (Lipinski definition) is 1. The Morgan fingerprint density at radius 2 is 2.21 bits per heavy atom. The van der Waals surface area contributed by atoms with E-state index in [4.69, 9.17) is 10.2 Å². The summed E-state index contributed by atoms with van der Waals surface area (Å²) in [6.45, 7) is 7.45. The largest absolute Gasteiger partial charge is 0.424 e. The van der Waals surface area contributed by atoms with Crippen LogP contribution in [0.2, 0.25) is 0 Å². The third kappa shape index (κ3) is 3.32. The van der Waals surface area contributed by atoms with Crippen LogP contribution < -0.4 is 5.73 Å². The van der Waals surface area contributed by atoms with Gasteiger partial charge >= 0.3 is 0 Å². The number of hydrogen-bond acceptors (Lipinski definition) is 5. The molecule has 1 amide bonds. The molecule has 1 fully saturated rings. The molecule has 0 aromatic carbocycles. The minimum absolute atomic E-state index is 0.0660. The van der Waals surface area contributed by atoms with Crippen LogP contribution in [0.15, 0.2) is 4.42 Å². The highest BCUT2D eigenvalue weighted by Crippen LogP contribution is 2.23. The van der Waals surface area contributed by atoms with E-state index in [1.54, 1.807) is 0 Å². The minimum atomic E-state index is -0.217. The summed E-state index contributed by atoms with van der Waals surface area (Å²) in [6, 6.07) is 0.407. The first kappa shape index (κ1) is 14.0. The lowest BCUT2D eigenvalue weighted by atomic mass is 9.93. The molecule has 106 valence electrons. The van der Waals surface area contributed by atoms with Crippen LogP contribution in [0.4, 0.5) is 0 Å². The monoisotopic (exact) mass is 266 g/mol. The number of piperidine rings is 1. The van der Waals surface area contributed by atoms with Gasteiger partial charge in [0, 0.05) is 18.5 Å². The van der Waals surface area contributed by atoms with E-state index in [0.29, 0.717) is 30.9 Å². The molecule has 2 N–H and O–H groups in total. The van der Waals surface area contributed by atoms with Gasteiger partial charge < -0.3 is 10.2 Å². The Labute approximate surface area is 113 Å². The van der Waals surface area contributed by atoms with E-state index >= 15 is 0 Å². The fourth-order valence-corrected chi connectivity index (χ4v) is 2.37. The highest BCUT2D eigenvalue weighted by molar-refractivity contribution is 5.76. The number of nitrogens with zero attached hydrogens (tertiary/aromatic N) is 3. The number of aromatic nitrogens is 2. The number of likely N-dealkylation sites (tertiary alicyclic amines) is 1. The Bertz CT molecular complexity index is 444. The van der Waals surface area contributed by atoms with Gasteiger partial charge in [-0.1, -0.05) is 13.8 Å². The zero-order valence-electron chi connectivity index (χ0n) is 11.8. The van der Waals surface area contributed by atoms with Crippen LogP contribution in [0.3, 0.4) is 0 Å². The molecule has 19 heavy (non-hydrogen) atoms. The third-order valence-electron chi connectivity index (χ3n) is 3.73. The maximum atomic E-state index is 11.3. The lowest BCUT2D eigenvalue weighted by Gasteiger charge is -2.35. The summed E-state index contributed by atoms with van der Waals surface area (Å²) in [5.74, 6) is 1.22. The molecule has 1 aliphatic rings. The number of primary amides is 1. The average Bonchev–Trinajstić information content (AvgIpc) is 2.80. The van der Waals surface area contributed by atoms with Gasteiger partial charge in [0.1, 0.15) is 0 Å². The fraction of sp³-hybridized carbons (Fsp3) is 0.769. The molecule has 2 rings (SSSR count). The number of carbonyl (C=O) groups excluding carboxylic acids is 1. The topological polar surface area (TPSA) is 85.3 Å². The second-order valence-electron chi connectivity index (χ2n) is 5.64. The van der Waals surface area contributed by atoms with Gasteiger partial charge in [0.15, 0.2) is 0 Å². The van der Waals surface area contributed by atoms with Gasteiger partial charge in [-0.3, -0.25) is 9.69 Å². The van der Waals surface area contributed by atoms with Crippen molar-refractivity contribution >= 4 is 5.91 Å². The van der Waals surface area contributed by atoms with Gasteiger partial charge in [-0.25, -0.2) is 0 Å². The summed E-state index contributed by atoms with van der Waals surface area (Å²) in [5, 5.41) is 8.09. The van der Waals surface area contributed by atoms with Crippen LogP contribution in [0.25, 0.3) is 0 Å². The van der Waals surface area contributed by atoms with E-state index in [1.807, 2.05) is 13.8 Å². The van der Waals surface area contributed by atoms with E-state index in [9.17, 15) is 4.79 Å². The van der Waals surface area contributed by atoms with Gasteiger partial charge in [0.25, 0.3) is 0 Å². The molecule has 0 bridgehead atoms. The van der Waals surface area contributed by atoms with Crippen molar-refractivity contribution < 1.29 is 9.21 Å². The summed E-state index contributed by atoms with van der Waals surface area (Å²) >= 11 is 0. The summed E-state index contributed by atoms with van der Waals surface area (Å²) in [4.78, 5) is 13.5. The van der Waals surface area contributed by atoms with Crippen molar-refractivity contribution in [2.75, 3.05) is 6.54 Å². The first-order valence-corrected chi connectivity index (χ1v) is 6.83. The smallest absolute Gasteiger partial charge is 0.230 e. The zero-order chi connectivity index (χ0) is 14.0. The maximum absolute atomic E-state index is 11.3. The average molecular weight is 266 g/mol. The zero-order valence-corrected chi connectivity index (χ0v) is 11.8. The highest BCUT2D eigenvalue weighted by Gasteiger charge is 2.29. The van der Waals surface area contributed by atoms with Crippen molar-refractivity contribution in [1.82, 2.24) is 15.1 Å². The highest BCUT2D eigenvalue weighted by atomic mass is 16.4. The van der Waals surface area contributed by atoms with Crippen molar-refractivity contribution in [1.29, 1.82) is 0 Å². The number of rotatable bonds is 4. The van der Waals surface area contributed by atoms with E-state index in [0.717, 1.165) is 12.8 Å². The predicted octanol–water partition coefficient (Wildman–Crippen LogP) is 1.28. The van der Waals surface area contributed by atoms with E-state index < -0.39 is 0 Å². The van der Waals surface area contributed by atoms with Crippen molar-refractivity contribution in [3.05, 3.63) is 11.8 Å². The van der Waals surface area contributed by atoms with Crippen LogP contribution in [0.5, 0.6) is 0 Å². The van der Waals surface area contributed by atoms with E-state index in [1.165, 1.54) is 0 Å². The lowest BCUT2D eigenvalue weighted by molar-refractivity contribution is -0.124. The molecular weight excluding hydrogens is 244 g/mol. The summed E-state index contributed by atoms with van der Waals surface area (Å²) < 4.78 is 5.61. The molecule has 2 heterocycles. The molecule has 1 aliphatic heterocycles. The minimum Gasteiger partial charge on any atom is -0.424 e. The summed E-state index contributed by atoms with van der Waals surface area (Å²) in [6.07, 6.45) is 1.84. The Morgan fingerprint density at radius 3 is 2.79 bits per heavy atom. The first-order valence-electron chi connectivity index (χ1n) is 6.83. The molecular formula is C13H22N4O2. The number of carbonyl (C=O) groups is 1. The Hall–Kier alpha value is -1.43. The molecule has 1 aromatic heterocycles. The van der Waals surface area contributed by atoms with Crippen LogP contribution >= 0.6 is 0 Å². The molecule has 0 spiro atoms. The second kappa shape index (κ2) is 5.69. The first-order chi connectivity index (χ1) is 8.97. The van der Waals surface area contributed by atoms with E-state index in [2.05, 4.69) is 22.0 Å². The molecule has 0 unspecified atom stereocenters. The lowest BCUT2D eigenvalue weighted by Crippen LogP contribution is -2.45. The Balaban J connectivity index is 2.01. The van der Waals surface area contributed by atoms with Crippen molar-refractivity contribution in [2.45, 2.75) is 52.1 Å². The molecule has 1 aromatic rings. The molecule has 2 atom stereocenters. The number of nitrogens with two attached hydrogens (primary N) is 1. The van der Waals surface area contributed by atoms with Gasteiger partial charge in [-0.2, -0.15) is 0 Å². The molecule has 0 saturated carbocycles. The Morgan fingerprint density at radius 1 is 1.47 bits per heavy atom. The Kier molecular flexibility index (Phi) is 4.19. The van der Waals surface area contributed by atoms with Crippen molar-refractivity contribution in [3.8, 4) is 0 Å². The SMILES string of the molecule is CC(C)c1nnc(CN2C[C@H](C(N)=O)CC[C@H]2C)o1. The number of amides is 1. The third-order valence-corrected chi connectivity index (χ3v) is 3.73. The molecule has 0 radical (unpaired) electrons. The fourth-order valence-electron chi connectivity index (χ4n) is 2.37. The van der Waals surface area contributed by atoms with Crippen LogP contribution in [-0.4, -0.2) is 33.6 Å². The molecule has 6 heteroatoms. The van der Waals surface area contributed by atoms with Crippen LogP contribution in [-0.2, 0) is 11.3 Å². The second-order valence-corrected chi connectivity index (χ2v) is 5.64. The molecule has 1 saturated heterocycles. The van der Waals surface area contributed by atoms with Gasteiger partial charge in [-0.05, 0) is 19.8 Å². The van der Waals surface area contributed by atoms with Crippen molar-refractivity contribution in [3.63, 3.8) is 0 Å². The van der Waals surface area contributed by atoms with Crippen LogP contribution in [0, 0.1) is 5.92 Å². The van der Waals surface area contributed by atoms with Gasteiger partial charge in [0.05, 0.1) is 12.5 Å². The van der Waals surface area contributed by atoms with Gasteiger partial charge in [-0.15, -0.1) is 10.2 Å². The standard InChI is InChI=1S/C13H22N4O2/c1-8(2)13-16-15-11(19-13)7-17-6-10(12(14)18)5-4-9(17)3/h8-10H,4-7H2,1-3H3,(H2,14,18)/t9-,10-/m1/s1. The van der Waals surface area contributed by atoms with Crippen molar-refractivity contribution in [2.24, 2.45) is 11.7 Å². The normalized spacial score (nSPS) is 24.8. The molecule has 6 nitrogen and oxygen atoms in total. The van der Waals surface area contributed by atoms with Crippen LogP contribution in [0.1, 0.15) is 51.3 Å². The summed E-state index contributed by atoms with van der Waals surface area (Å²) in [7, 11) is 0.